The maximum absolute atomic E-state index is 4.81. The maximum Gasteiger partial charge on any atom is 0.185 e. The average molecular weight is 301 g/mol. The van der Waals surface area contributed by atoms with E-state index >= 15 is 0 Å². The highest BCUT2D eigenvalue weighted by molar-refractivity contribution is 7.13. The highest BCUT2D eigenvalue weighted by atomic mass is 32.1. The fourth-order valence-corrected chi connectivity index (χ4v) is 3.43. The Bertz CT molecular complexity index is 562. The van der Waals surface area contributed by atoms with Crippen LogP contribution in [0, 0.1) is 5.92 Å². The average Bonchev–Trinajstić information content (AvgIpc) is 3.20. The van der Waals surface area contributed by atoms with Crippen molar-refractivity contribution in [2.24, 2.45) is 5.92 Å². The Morgan fingerprint density at radius 1 is 1.33 bits per heavy atom. The molecular formula is C17H23N3S. The molecule has 3 rings (SSSR count). The Hall–Kier alpha value is -1.39. The lowest BCUT2D eigenvalue weighted by molar-refractivity contribution is 0.586. The van der Waals surface area contributed by atoms with Crippen LogP contribution in [0.1, 0.15) is 30.1 Å². The van der Waals surface area contributed by atoms with Gasteiger partial charge in [0.15, 0.2) is 5.13 Å². The van der Waals surface area contributed by atoms with Crippen LogP contribution in [0.5, 0.6) is 0 Å². The third-order valence-corrected chi connectivity index (χ3v) is 5.06. The summed E-state index contributed by atoms with van der Waals surface area (Å²) < 4.78 is 0. The van der Waals surface area contributed by atoms with Crippen molar-refractivity contribution in [2.45, 2.75) is 25.3 Å². The number of hydrogen-bond donors (Lipinski definition) is 1. The summed E-state index contributed by atoms with van der Waals surface area (Å²) in [6, 6.07) is 10.9. The first-order chi connectivity index (χ1) is 10.3. The second kappa shape index (κ2) is 6.58. The van der Waals surface area contributed by atoms with E-state index in [9.17, 15) is 0 Å². The van der Waals surface area contributed by atoms with Crippen molar-refractivity contribution in [3.05, 3.63) is 47.0 Å². The van der Waals surface area contributed by atoms with Gasteiger partial charge in [-0.1, -0.05) is 30.3 Å². The molecule has 2 aromatic rings. The van der Waals surface area contributed by atoms with Gasteiger partial charge in [0.25, 0.3) is 0 Å². The minimum absolute atomic E-state index is 0.329. The van der Waals surface area contributed by atoms with Gasteiger partial charge in [0, 0.05) is 31.4 Å². The van der Waals surface area contributed by atoms with E-state index in [4.69, 9.17) is 4.98 Å². The summed E-state index contributed by atoms with van der Waals surface area (Å²) in [6.45, 7) is 1.15. The van der Waals surface area contributed by atoms with E-state index < -0.39 is 0 Å². The minimum atomic E-state index is 0.329. The van der Waals surface area contributed by atoms with Crippen LogP contribution in [0.2, 0.25) is 0 Å². The smallest absolute Gasteiger partial charge is 0.185 e. The lowest BCUT2D eigenvalue weighted by atomic mass is 10.0. The van der Waals surface area contributed by atoms with E-state index in [0.717, 1.165) is 24.0 Å². The molecule has 1 aliphatic carbocycles. The van der Waals surface area contributed by atoms with Crippen LogP contribution in [-0.2, 0) is 6.42 Å². The summed E-state index contributed by atoms with van der Waals surface area (Å²) in [6.07, 6.45) is 3.71. The molecule has 0 saturated heterocycles. The molecule has 0 spiro atoms. The molecule has 0 radical (unpaired) electrons. The molecule has 0 amide bonds. The van der Waals surface area contributed by atoms with E-state index in [2.05, 4.69) is 53.0 Å². The molecule has 1 aromatic carbocycles. The van der Waals surface area contributed by atoms with Crippen molar-refractivity contribution in [3.8, 4) is 0 Å². The summed E-state index contributed by atoms with van der Waals surface area (Å²) in [7, 11) is 4.18. The molecule has 3 nitrogen and oxygen atoms in total. The summed E-state index contributed by atoms with van der Waals surface area (Å²) in [5, 5.41) is 6.75. The zero-order valence-electron chi connectivity index (χ0n) is 12.7. The highest BCUT2D eigenvalue weighted by Crippen LogP contribution is 2.32. The number of rotatable bonds is 7. The molecule has 1 heterocycles. The second-order valence-electron chi connectivity index (χ2n) is 5.90. The molecule has 1 fully saturated rings. The van der Waals surface area contributed by atoms with Crippen molar-refractivity contribution in [2.75, 3.05) is 25.5 Å². The third-order valence-electron chi connectivity index (χ3n) is 4.06. The number of thiazole rings is 1. The number of aromatic nitrogens is 1. The lowest BCUT2D eigenvalue weighted by Gasteiger charge is -2.16. The van der Waals surface area contributed by atoms with Gasteiger partial charge in [0.1, 0.15) is 0 Å². The number of benzene rings is 1. The second-order valence-corrected chi connectivity index (χ2v) is 6.74. The Labute approximate surface area is 131 Å². The van der Waals surface area contributed by atoms with Gasteiger partial charge in [0.2, 0.25) is 0 Å². The van der Waals surface area contributed by atoms with Crippen molar-refractivity contribution >= 4 is 16.5 Å². The fourth-order valence-electron chi connectivity index (χ4n) is 2.61. The summed E-state index contributed by atoms with van der Waals surface area (Å²) in [5.74, 6) is 0.900. The number of likely N-dealkylation sites (N-methyl/N-ethyl adjacent to an activating group) is 1. The number of anilines is 1. The summed E-state index contributed by atoms with van der Waals surface area (Å²) >= 11 is 1.76. The SMILES string of the molecule is CNC(Cc1csc(N(C)CC2CC2)n1)c1ccccc1. The summed E-state index contributed by atoms with van der Waals surface area (Å²) in [4.78, 5) is 7.12. The molecule has 4 heteroatoms. The first kappa shape index (κ1) is 14.5. The maximum atomic E-state index is 4.81. The van der Waals surface area contributed by atoms with Crippen LogP contribution in [0.15, 0.2) is 35.7 Å². The number of nitrogens with zero attached hydrogens (tertiary/aromatic N) is 2. The van der Waals surface area contributed by atoms with Crippen LogP contribution < -0.4 is 10.2 Å². The van der Waals surface area contributed by atoms with E-state index in [1.807, 2.05) is 7.05 Å². The minimum Gasteiger partial charge on any atom is -0.351 e. The standard InChI is InChI=1S/C17H23N3S/c1-18-16(14-6-4-3-5-7-14)10-15-12-21-17(19-15)20(2)11-13-8-9-13/h3-7,12-13,16,18H,8-11H2,1-2H3. The topological polar surface area (TPSA) is 28.2 Å². The molecule has 1 saturated carbocycles. The third kappa shape index (κ3) is 3.83. The van der Waals surface area contributed by atoms with Crippen LogP contribution in [-0.4, -0.2) is 25.6 Å². The van der Waals surface area contributed by atoms with Gasteiger partial charge in [0.05, 0.1) is 5.69 Å². The zero-order valence-corrected chi connectivity index (χ0v) is 13.6. The monoisotopic (exact) mass is 301 g/mol. The molecule has 1 aromatic heterocycles. The highest BCUT2D eigenvalue weighted by Gasteiger charge is 2.24. The molecule has 1 N–H and O–H groups in total. The molecule has 1 unspecified atom stereocenters. The molecule has 1 atom stereocenters. The van der Waals surface area contributed by atoms with Gasteiger partial charge in [-0.3, -0.25) is 0 Å². The Balaban J connectivity index is 1.65. The molecule has 21 heavy (non-hydrogen) atoms. The van der Waals surface area contributed by atoms with Crippen molar-refractivity contribution < 1.29 is 0 Å². The van der Waals surface area contributed by atoms with E-state index in [1.165, 1.54) is 24.1 Å². The number of hydrogen-bond acceptors (Lipinski definition) is 4. The van der Waals surface area contributed by atoms with Crippen LogP contribution in [0.4, 0.5) is 5.13 Å². The first-order valence-electron chi connectivity index (χ1n) is 7.64. The Morgan fingerprint density at radius 2 is 2.10 bits per heavy atom. The van der Waals surface area contributed by atoms with Gasteiger partial charge in [-0.25, -0.2) is 4.98 Å². The van der Waals surface area contributed by atoms with Crippen molar-refractivity contribution in [3.63, 3.8) is 0 Å². The van der Waals surface area contributed by atoms with Gasteiger partial charge in [-0.15, -0.1) is 11.3 Å². The quantitative estimate of drug-likeness (QED) is 0.848. The summed E-state index contributed by atoms with van der Waals surface area (Å²) in [5.41, 5.74) is 2.50. The van der Waals surface area contributed by atoms with Crippen LogP contribution >= 0.6 is 11.3 Å². The molecule has 0 bridgehead atoms. The predicted molar refractivity (Wildman–Crippen MR) is 90.1 cm³/mol. The van der Waals surface area contributed by atoms with E-state index in [0.29, 0.717) is 6.04 Å². The largest absolute Gasteiger partial charge is 0.351 e. The molecule has 1 aliphatic rings. The van der Waals surface area contributed by atoms with Gasteiger partial charge in [-0.2, -0.15) is 0 Å². The van der Waals surface area contributed by atoms with E-state index in [1.54, 1.807) is 11.3 Å². The van der Waals surface area contributed by atoms with Gasteiger partial charge >= 0.3 is 0 Å². The van der Waals surface area contributed by atoms with Gasteiger partial charge in [-0.05, 0) is 31.4 Å². The fraction of sp³-hybridized carbons (Fsp3) is 0.471. The molecular weight excluding hydrogens is 278 g/mol. The van der Waals surface area contributed by atoms with E-state index in [-0.39, 0.29) is 0 Å². The zero-order chi connectivity index (χ0) is 14.7. The van der Waals surface area contributed by atoms with Crippen LogP contribution in [0.25, 0.3) is 0 Å². The normalized spacial score (nSPS) is 15.9. The van der Waals surface area contributed by atoms with Crippen molar-refractivity contribution in [1.82, 2.24) is 10.3 Å². The predicted octanol–water partition coefficient (Wildman–Crippen LogP) is 3.49. The molecule has 0 aliphatic heterocycles. The molecule has 112 valence electrons. The first-order valence-corrected chi connectivity index (χ1v) is 8.52. The lowest BCUT2D eigenvalue weighted by Crippen LogP contribution is -2.20. The van der Waals surface area contributed by atoms with Crippen molar-refractivity contribution in [1.29, 1.82) is 0 Å². The Kier molecular flexibility index (Phi) is 4.56. The Morgan fingerprint density at radius 3 is 2.76 bits per heavy atom. The van der Waals surface area contributed by atoms with Crippen LogP contribution in [0.3, 0.4) is 0 Å². The van der Waals surface area contributed by atoms with Gasteiger partial charge < -0.3 is 10.2 Å². The number of nitrogens with one attached hydrogen (secondary N) is 1.